The van der Waals surface area contributed by atoms with E-state index in [1.54, 1.807) is 13.1 Å². The summed E-state index contributed by atoms with van der Waals surface area (Å²) in [6, 6.07) is 6.10. The van der Waals surface area contributed by atoms with E-state index in [4.69, 9.17) is 0 Å². The second-order valence-corrected chi connectivity index (χ2v) is 7.26. The summed E-state index contributed by atoms with van der Waals surface area (Å²) >= 11 is 0. The molecule has 1 saturated carbocycles. The van der Waals surface area contributed by atoms with Crippen LogP contribution in [0, 0.1) is 5.82 Å². The summed E-state index contributed by atoms with van der Waals surface area (Å²) in [7, 11) is 1.78. The summed E-state index contributed by atoms with van der Waals surface area (Å²) in [6.07, 6.45) is 4.98. The highest BCUT2D eigenvalue weighted by atomic mass is 127. The Bertz CT molecular complexity index is 610. The molecule has 2 fully saturated rings. The lowest BCUT2D eigenvalue weighted by Gasteiger charge is -2.35. The fourth-order valence-electron chi connectivity index (χ4n) is 3.87. The molecular weight excluding hydrogens is 456 g/mol. The Morgan fingerprint density at radius 3 is 2.48 bits per heavy atom. The van der Waals surface area contributed by atoms with E-state index in [9.17, 15) is 4.39 Å². The fraction of sp³-hybridized carbons (Fsp3) is 0.650. The largest absolute Gasteiger partial charge is 0.367 e. The Labute approximate surface area is 179 Å². The van der Waals surface area contributed by atoms with Gasteiger partial charge in [0.1, 0.15) is 5.82 Å². The Kier molecular flexibility index (Phi) is 9.08. The Hall–Kier alpha value is -1.09. The molecule has 1 aliphatic carbocycles. The molecule has 0 bridgehead atoms. The molecule has 0 radical (unpaired) electrons. The van der Waals surface area contributed by atoms with E-state index in [0.717, 1.165) is 49.9 Å². The maximum Gasteiger partial charge on any atom is 0.191 e. The molecule has 7 heteroatoms. The van der Waals surface area contributed by atoms with E-state index in [0.29, 0.717) is 12.6 Å². The Morgan fingerprint density at radius 1 is 1.19 bits per heavy atom. The number of halogens is 2. The highest BCUT2D eigenvalue weighted by Gasteiger charge is 2.19. The predicted octanol–water partition coefficient (Wildman–Crippen LogP) is 3.19. The monoisotopic (exact) mass is 489 g/mol. The third-order valence-corrected chi connectivity index (χ3v) is 5.55. The van der Waals surface area contributed by atoms with Gasteiger partial charge in [-0.2, -0.15) is 0 Å². The number of rotatable bonds is 5. The first-order chi connectivity index (χ1) is 12.7. The number of nitrogens with one attached hydrogen (secondary N) is 2. The predicted molar refractivity (Wildman–Crippen MR) is 122 cm³/mol. The first kappa shape index (κ1) is 22.2. The molecule has 1 aromatic rings. The number of piperazine rings is 1. The van der Waals surface area contributed by atoms with Crippen LogP contribution < -0.4 is 15.5 Å². The molecule has 2 N–H and O–H groups in total. The van der Waals surface area contributed by atoms with Crippen molar-refractivity contribution in [3.05, 3.63) is 29.6 Å². The van der Waals surface area contributed by atoms with Crippen LogP contribution in [-0.2, 0) is 6.54 Å². The molecule has 1 aromatic carbocycles. The quantitative estimate of drug-likeness (QED) is 0.379. The fourth-order valence-corrected chi connectivity index (χ4v) is 3.87. The van der Waals surface area contributed by atoms with E-state index < -0.39 is 0 Å². The molecule has 0 amide bonds. The second kappa shape index (κ2) is 11.0. The number of hydrogen-bond acceptors (Lipinski definition) is 3. The minimum Gasteiger partial charge on any atom is -0.367 e. The van der Waals surface area contributed by atoms with Gasteiger partial charge in [-0.05, 0) is 37.1 Å². The number of hydrogen-bond donors (Lipinski definition) is 2. The van der Waals surface area contributed by atoms with Crippen LogP contribution in [0.1, 0.15) is 38.2 Å². The Balaban J connectivity index is 0.00000261. The van der Waals surface area contributed by atoms with Gasteiger partial charge in [-0.1, -0.05) is 25.8 Å². The maximum atomic E-state index is 14.6. The van der Waals surface area contributed by atoms with Crippen molar-refractivity contribution >= 4 is 35.6 Å². The van der Waals surface area contributed by atoms with Gasteiger partial charge in [0.25, 0.3) is 0 Å². The lowest BCUT2D eigenvalue weighted by molar-refractivity contribution is 0.270. The number of benzene rings is 1. The number of likely N-dealkylation sites (N-methyl/N-ethyl adjacent to an activating group) is 1. The summed E-state index contributed by atoms with van der Waals surface area (Å²) < 4.78 is 14.6. The molecule has 3 rings (SSSR count). The van der Waals surface area contributed by atoms with Crippen LogP contribution in [0.25, 0.3) is 0 Å². The lowest BCUT2D eigenvalue weighted by atomic mass is 10.1. The molecule has 0 aromatic heterocycles. The van der Waals surface area contributed by atoms with Crippen molar-refractivity contribution < 1.29 is 4.39 Å². The average Bonchev–Trinajstić information content (AvgIpc) is 3.18. The van der Waals surface area contributed by atoms with Crippen molar-refractivity contribution in [1.82, 2.24) is 15.5 Å². The van der Waals surface area contributed by atoms with Gasteiger partial charge in [0.15, 0.2) is 5.96 Å². The summed E-state index contributed by atoms with van der Waals surface area (Å²) in [5.41, 5.74) is 1.66. The number of aliphatic imine (C=N–C) groups is 1. The van der Waals surface area contributed by atoms with E-state index in [1.807, 2.05) is 12.1 Å². The highest BCUT2D eigenvalue weighted by molar-refractivity contribution is 14.0. The molecule has 5 nitrogen and oxygen atoms in total. The van der Waals surface area contributed by atoms with Gasteiger partial charge >= 0.3 is 0 Å². The maximum absolute atomic E-state index is 14.6. The van der Waals surface area contributed by atoms with E-state index in [2.05, 4.69) is 32.3 Å². The van der Waals surface area contributed by atoms with E-state index in [1.165, 1.54) is 25.7 Å². The zero-order valence-corrected chi connectivity index (χ0v) is 18.8. The normalized spacial score (nSPS) is 19.1. The molecule has 0 atom stereocenters. The third-order valence-electron chi connectivity index (χ3n) is 5.55. The zero-order chi connectivity index (χ0) is 18.4. The summed E-state index contributed by atoms with van der Waals surface area (Å²) in [4.78, 5) is 8.83. The number of guanidine groups is 1. The van der Waals surface area contributed by atoms with Gasteiger partial charge in [-0.3, -0.25) is 4.99 Å². The average molecular weight is 489 g/mol. The van der Waals surface area contributed by atoms with Gasteiger partial charge in [0, 0.05) is 45.8 Å². The van der Waals surface area contributed by atoms with Gasteiger partial charge < -0.3 is 20.4 Å². The lowest BCUT2D eigenvalue weighted by Crippen LogP contribution is -2.46. The molecule has 2 aliphatic rings. The number of anilines is 1. The summed E-state index contributed by atoms with van der Waals surface area (Å²) in [5.74, 6) is 0.671. The minimum atomic E-state index is -0.131. The highest BCUT2D eigenvalue weighted by Crippen LogP contribution is 2.22. The van der Waals surface area contributed by atoms with Crippen LogP contribution >= 0.6 is 24.0 Å². The standard InChI is InChI=1S/C20H32FN5.HI/c1-3-25-10-12-26(13-11-25)19-9-8-16(14-18(19)21)15-23-20(22-2)24-17-6-4-5-7-17;/h8-9,14,17H,3-7,10-13,15H2,1-2H3,(H2,22,23,24);1H. The molecule has 0 spiro atoms. The van der Waals surface area contributed by atoms with Gasteiger partial charge in [-0.15, -0.1) is 24.0 Å². The molecular formula is C20H33FIN5. The van der Waals surface area contributed by atoms with Crippen molar-refractivity contribution in [2.45, 2.75) is 45.2 Å². The van der Waals surface area contributed by atoms with Gasteiger partial charge in [0.05, 0.1) is 5.69 Å². The van der Waals surface area contributed by atoms with Crippen molar-refractivity contribution in [2.24, 2.45) is 4.99 Å². The van der Waals surface area contributed by atoms with Gasteiger partial charge in [-0.25, -0.2) is 4.39 Å². The molecule has 0 unspecified atom stereocenters. The molecule has 1 heterocycles. The minimum absolute atomic E-state index is 0. The van der Waals surface area contributed by atoms with Crippen LogP contribution in [0.3, 0.4) is 0 Å². The Morgan fingerprint density at radius 2 is 1.89 bits per heavy atom. The van der Waals surface area contributed by atoms with Crippen LogP contribution in [0.15, 0.2) is 23.2 Å². The summed E-state index contributed by atoms with van der Waals surface area (Å²) in [5, 5.41) is 6.76. The van der Waals surface area contributed by atoms with Crippen molar-refractivity contribution in [1.29, 1.82) is 0 Å². The number of nitrogens with zero attached hydrogens (tertiary/aromatic N) is 3. The zero-order valence-electron chi connectivity index (χ0n) is 16.5. The van der Waals surface area contributed by atoms with Crippen LogP contribution in [0.5, 0.6) is 0 Å². The topological polar surface area (TPSA) is 42.9 Å². The molecule has 152 valence electrons. The molecule has 1 aliphatic heterocycles. The third kappa shape index (κ3) is 6.20. The first-order valence-electron chi connectivity index (χ1n) is 9.92. The second-order valence-electron chi connectivity index (χ2n) is 7.26. The van der Waals surface area contributed by atoms with Gasteiger partial charge in [0.2, 0.25) is 0 Å². The van der Waals surface area contributed by atoms with Crippen LogP contribution in [-0.4, -0.2) is 56.7 Å². The van der Waals surface area contributed by atoms with Crippen molar-refractivity contribution in [3.8, 4) is 0 Å². The van der Waals surface area contributed by atoms with E-state index in [-0.39, 0.29) is 29.8 Å². The van der Waals surface area contributed by atoms with Crippen molar-refractivity contribution in [2.75, 3.05) is 44.7 Å². The van der Waals surface area contributed by atoms with Crippen molar-refractivity contribution in [3.63, 3.8) is 0 Å². The summed E-state index contributed by atoms with van der Waals surface area (Å²) in [6.45, 7) is 7.60. The molecule has 27 heavy (non-hydrogen) atoms. The SMILES string of the molecule is CCN1CCN(c2ccc(CNC(=NC)NC3CCCC3)cc2F)CC1.I. The van der Waals surface area contributed by atoms with Crippen LogP contribution in [0.2, 0.25) is 0 Å². The van der Waals surface area contributed by atoms with Crippen LogP contribution in [0.4, 0.5) is 10.1 Å². The molecule has 1 saturated heterocycles. The smallest absolute Gasteiger partial charge is 0.191 e. The first-order valence-corrected chi connectivity index (χ1v) is 9.92. The van der Waals surface area contributed by atoms with E-state index >= 15 is 0 Å².